The van der Waals surface area contributed by atoms with Gasteiger partial charge in [-0.15, -0.1) is 0 Å². The number of Topliss-reactive ketones (excluding diaryl/α,β-unsaturated/α-hetero) is 1. The van der Waals surface area contributed by atoms with Gasteiger partial charge >= 0.3 is 5.97 Å². The number of esters is 1. The molecule has 1 saturated heterocycles. The molecule has 1 amide bonds. The number of anilines is 1. The van der Waals surface area contributed by atoms with Gasteiger partial charge in [0.15, 0.2) is 0 Å². The third-order valence-corrected chi connectivity index (χ3v) is 7.35. The summed E-state index contributed by atoms with van der Waals surface area (Å²) in [5.74, 6) is -1.02. The minimum absolute atomic E-state index is 0.0360. The van der Waals surface area contributed by atoms with E-state index in [-0.39, 0.29) is 17.8 Å². The summed E-state index contributed by atoms with van der Waals surface area (Å²) in [6, 6.07) is 27.7. The molecule has 8 heteroatoms. The number of hydrogen-bond donors (Lipinski definition) is 1. The number of ether oxygens (including phenoxy) is 3. The number of methoxy groups -OCH3 is 2. The van der Waals surface area contributed by atoms with Crippen LogP contribution >= 0.6 is 0 Å². The Morgan fingerprint density at radius 3 is 2.19 bits per heavy atom. The van der Waals surface area contributed by atoms with Crippen LogP contribution in [-0.2, 0) is 32.1 Å². The van der Waals surface area contributed by atoms with E-state index in [1.165, 1.54) is 12.0 Å². The highest BCUT2D eigenvalue weighted by atomic mass is 16.5. The van der Waals surface area contributed by atoms with Crippen molar-refractivity contribution in [3.63, 3.8) is 0 Å². The van der Waals surface area contributed by atoms with Crippen LogP contribution in [0.5, 0.6) is 11.5 Å². The van der Waals surface area contributed by atoms with Crippen molar-refractivity contribution >= 4 is 29.1 Å². The van der Waals surface area contributed by atoms with Crippen LogP contribution < -0.4 is 14.4 Å². The third-order valence-electron chi connectivity index (χ3n) is 7.35. The number of aliphatic hydroxyl groups is 1. The van der Waals surface area contributed by atoms with Crippen LogP contribution in [0, 0.1) is 6.92 Å². The molecule has 5 rings (SSSR count). The smallest absolute Gasteiger partial charge is 0.309 e. The second kappa shape index (κ2) is 12.7. The normalized spacial score (nSPS) is 15.8. The van der Waals surface area contributed by atoms with Gasteiger partial charge in [0.1, 0.15) is 23.9 Å². The van der Waals surface area contributed by atoms with Crippen LogP contribution in [0.4, 0.5) is 5.69 Å². The van der Waals surface area contributed by atoms with E-state index in [2.05, 4.69) is 0 Å². The van der Waals surface area contributed by atoms with E-state index in [4.69, 9.17) is 14.2 Å². The first-order chi connectivity index (χ1) is 20.8. The van der Waals surface area contributed by atoms with Crippen LogP contribution in [0.15, 0.2) is 103 Å². The summed E-state index contributed by atoms with van der Waals surface area (Å²) in [4.78, 5) is 40.2. The monoisotopic (exact) mass is 577 g/mol. The lowest BCUT2D eigenvalue weighted by molar-refractivity contribution is -0.139. The van der Waals surface area contributed by atoms with Gasteiger partial charge in [-0.05, 0) is 71.6 Å². The fourth-order valence-corrected chi connectivity index (χ4v) is 5.06. The molecule has 1 fully saturated rings. The fraction of sp³-hybridized carbons (Fsp3) is 0.171. The highest BCUT2D eigenvalue weighted by Crippen LogP contribution is 2.43. The van der Waals surface area contributed by atoms with Gasteiger partial charge in [0.05, 0.1) is 32.3 Å². The van der Waals surface area contributed by atoms with Gasteiger partial charge in [-0.3, -0.25) is 19.3 Å². The summed E-state index contributed by atoms with van der Waals surface area (Å²) in [6.45, 7) is 2.24. The van der Waals surface area contributed by atoms with Crippen molar-refractivity contribution < 1.29 is 33.7 Å². The molecule has 4 aromatic carbocycles. The first-order valence-electron chi connectivity index (χ1n) is 13.7. The van der Waals surface area contributed by atoms with Gasteiger partial charge in [0.25, 0.3) is 11.7 Å². The summed E-state index contributed by atoms with van der Waals surface area (Å²) in [5, 5.41) is 11.6. The molecule has 1 aliphatic rings. The highest BCUT2D eigenvalue weighted by Gasteiger charge is 2.47. The van der Waals surface area contributed by atoms with Crippen LogP contribution in [0.2, 0.25) is 0 Å². The number of rotatable bonds is 9. The average Bonchev–Trinajstić information content (AvgIpc) is 3.30. The SMILES string of the molecule is COC(=O)Cc1ccc(N2C(=O)C(=O)/C(=C(\O)c3ccc(OCc4ccccc4)c(C)c3)C2c2ccc(OC)cc2)cc1. The molecule has 0 aliphatic carbocycles. The average molecular weight is 578 g/mol. The number of carbonyl (C=O) groups is 3. The van der Waals surface area contributed by atoms with E-state index in [1.54, 1.807) is 73.8 Å². The molecule has 43 heavy (non-hydrogen) atoms. The van der Waals surface area contributed by atoms with Gasteiger partial charge in [0, 0.05) is 11.3 Å². The molecule has 8 nitrogen and oxygen atoms in total. The number of ketones is 1. The van der Waals surface area contributed by atoms with Crippen molar-refractivity contribution in [3.8, 4) is 11.5 Å². The van der Waals surface area contributed by atoms with E-state index >= 15 is 0 Å². The maximum atomic E-state index is 13.6. The molecule has 0 aromatic heterocycles. The lowest BCUT2D eigenvalue weighted by Gasteiger charge is -2.26. The second-order valence-electron chi connectivity index (χ2n) is 10.1. The summed E-state index contributed by atoms with van der Waals surface area (Å²) >= 11 is 0. The Hall–Kier alpha value is -5.37. The molecule has 1 heterocycles. The maximum Gasteiger partial charge on any atom is 0.309 e. The summed E-state index contributed by atoms with van der Waals surface area (Å²) in [5.41, 5.74) is 3.87. The molecule has 1 N–H and O–H groups in total. The summed E-state index contributed by atoms with van der Waals surface area (Å²) in [6.07, 6.45) is 0.0713. The van der Waals surface area contributed by atoms with Crippen molar-refractivity contribution in [1.82, 2.24) is 0 Å². The highest BCUT2D eigenvalue weighted by molar-refractivity contribution is 6.51. The predicted molar refractivity (Wildman–Crippen MR) is 162 cm³/mol. The van der Waals surface area contributed by atoms with Crippen molar-refractivity contribution in [2.75, 3.05) is 19.1 Å². The minimum Gasteiger partial charge on any atom is -0.507 e. The van der Waals surface area contributed by atoms with Crippen molar-refractivity contribution in [2.45, 2.75) is 26.0 Å². The number of nitrogens with zero attached hydrogens (tertiary/aromatic N) is 1. The first-order valence-corrected chi connectivity index (χ1v) is 13.7. The van der Waals surface area contributed by atoms with Gasteiger partial charge in [-0.25, -0.2) is 0 Å². The molecule has 0 spiro atoms. The van der Waals surface area contributed by atoms with E-state index in [0.717, 1.165) is 11.1 Å². The van der Waals surface area contributed by atoms with Crippen LogP contribution in [0.25, 0.3) is 5.76 Å². The van der Waals surface area contributed by atoms with E-state index < -0.39 is 23.7 Å². The molecule has 0 bridgehead atoms. The zero-order valence-electron chi connectivity index (χ0n) is 24.1. The molecule has 1 atom stereocenters. The lowest BCUT2D eigenvalue weighted by atomic mass is 9.94. The largest absolute Gasteiger partial charge is 0.507 e. The Morgan fingerprint density at radius 1 is 0.860 bits per heavy atom. The quantitative estimate of drug-likeness (QED) is 0.114. The van der Waals surface area contributed by atoms with E-state index in [0.29, 0.717) is 40.5 Å². The van der Waals surface area contributed by atoms with Crippen molar-refractivity contribution in [1.29, 1.82) is 0 Å². The number of hydrogen-bond acceptors (Lipinski definition) is 7. The Kier molecular flexibility index (Phi) is 8.57. The van der Waals surface area contributed by atoms with Crippen LogP contribution in [0.3, 0.4) is 0 Å². The van der Waals surface area contributed by atoms with Crippen molar-refractivity contribution in [2.24, 2.45) is 0 Å². The number of aryl methyl sites for hydroxylation is 1. The van der Waals surface area contributed by atoms with Gasteiger partial charge in [-0.2, -0.15) is 0 Å². The zero-order chi connectivity index (χ0) is 30.5. The lowest BCUT2D eigenvalue weighted by Crippen LogP contribution is -2.29. The number of amides is 1. The fourth-order valence-electron chi connectivity index (χ4n) is 5.06. The third kappa shape index (κ3) is 6.13. The van der Waals surface area contributed by atoms with Gasteiger partial charge < -0.3 is 19.3 Å². The second-order valence-corrected chi connectivity index (χ2v) is 10.1. The summed E-state index contributed by atoms with van der Waals surface area (Å²) < 4.78 is 16.0. The Bertz CT molecular complexity index is 1680. The van der Waals surface area contributed by atoms with Crippen LogP contribution in [0.1, 0.15) is 33.9 Å². The molecule has 218 valence electrons. The number of aliphatic hydroxyl groups excluding tert-OH is 1. The summed E-state index contributed by atoms with van der Waals surface area (Å²) in [7, 11) is 2.87. The first kappa shape index (κ1) is 29.1. The molecule has 0 radical (unpaired) electrons. The molecule has 1 unspecified atom stereocenters. The molecular formula is C35H31NO7. The maximum absolute atomic E-state index is 13.6. The Labute approximate surface area is 249 Å². The topological polar surface area (TPSA) is 102 Å². The molecule has 1 aliphatic heterocycles. The Morgan fingerprint density at radius 2 is 1.56 bits per heavy atom. The Balaban J connectivity index is 1.53. The molecule has 4 aromatic rings. The van der Waals surface area contributed by atoms with Crippen molar-refractivity contribution in [3.05, 3.63) is 130 Å². The van der Waals surface area contributed by atoms with Gasteiger partial charge in [0.2, 0.25) is 0 Å². The predicted octanol–water partition coefficient (Wildman–Crippen LogP) is 5.92. The standard InChI is InChI=1S/C35H31NO7/c1-22-19-26(13-18-29(22)43-21-24-7-5-4-6-8-24)33(38)31-32(25-11-16-28(41-2)17-12-25)36(35(40)34(31)39)27-14-9-23(10-15-27)20-30(37)42-3/h4-19,32,38H,20-21H2,1-3H3/b33-31-. The molecule has 0 saturated carbocycles. The minimum atomic E-state index is -0.910. The number of carbonyl (C=O) groups excluding carboxylic acids is 3. The molecular weight excluding hydrogens is 546 g/mol. The van der Waals surface area contributed by atoms with E-state index in [1.807, 2.05) is 37.3 Å². The zero-order valence-corrected chi connectivity index (χ0v) is 24.1. The van der Waals surface area contributed by atoms with E-state index in [9.17, 15) is 19.5 Å². The van der Waals surface area contributed by atoms with Crippen LogP contribution in [-0.4, -0.2) is 37.0 Å². The van der Waals surface area contributed by atoms with Gasteiger partial charge in [-0.1, -0.05) is 54.6 Å². The number of benzene rings is 4.